The minimum absolute atomic E-state index is 0.210. The Hall–Kier alpha value is -3.29. The molecule has 3 aromatic carbocycles. The van der Waals surface area contributed by atoms with Gasteiger partial charge in [-0.3, -0.25) is 4.57 Å². The molecule has 174 valence electrons. The third kappa shape index (κ3) is 5.79. The summed E-state index contributed by atoms with van der Waals surface area (Å²) in [7, 11) is 0. The molecule has 0 spiro atoms. The molecule has 2 amide bonds. The Morgan fingerprint density at radius 1 is 0.971 bits per heavy atom. The molecule has 2 N–H and O–H groups in total. The fourth-order valence-corrected chi connectivity index (χ4v) is 4.75. The number of thioether (sulfide) groups is 1. The monoisotopic (exact) mass is 491 g/mol. The van der Waals surface area contributed by atoms with Gasteiger partial charge < -0.3 is 10.6 Å². The van der Waals surface area contributed by atoms with E-state index in [0.29, 0.717) is 10.8 Å². The zero-order valence-corrected chi connectivity index (χ0v) is 20.9. The summed E-state index contributed by atoms with van der Waals surface area (Å²) in [5.41, 5.74) is 6.20. The minimum atomic E-state index is -0.308. The molecule has 34 heavy (non-hydrogen) atoms. The highest BCUT2D eigenvalue weighted by molar-refractivity contribution is 7.98. The zero-order valence-electron chi connectivity index (χ0n) is 19.3. The first kappa shape index (κ1) is 23.9. The number of anilines is 1. The molecule has 6 nitrogen and oxygen atoms in total. The van der Waals surface area contributed by atoms with Crippen molar-refractivity contribution in [3.05, 3.63) is 99.8 Å². The second-order valence-electron chi connectivity index (χ2n) is 8.06. The number of halogens is 1. The van der Waals surface area contributed by atoms with Gasteiger partial charge in [0.25, 0.3) is 0 Å². The van der Waals surface area contributed by atoms with E-state index < -0.39 is 0 Å². The summed E-state index contributed by atoms with van der Waals surface area (Å²) in [6.45, 7) is 6.31. The average Bonchev–Trinajstić information content (AvgIpc) is 3.21. The molecule has 0 aliphatic rings. The number of aryl methyl sites for hydroxylation is 3. The van der Waals surface area contributed by atoms with E-state index in [1.54, 1.807) is 11.8 Å². The molecule has 0 atom stereocenters. The van der Waals surface area contributed by atoms with Crippen molar-refractivity contribution >= 4 is 35.1 Å². The van der Waals surface area contributed by atoms with E-state index in [-0.39, 0.29) is 12.6 Å². The number of nitrogens with zero attached hydrogens (tertiary/aromatic N) is 3. The van der Waals surface area contributed by atoms with Crippen LogP contribution in [0.4, 0.5) is 10.5 Å². The number of aromatic nitrogens is 3. The smallest absolute Gasteiger partial charge is 0.319 e. The number of carbonyl (C=O) groups is 1. The highest BCUT2D eigenvalue weighted by atomic mass is 35.5. The molecule has 0 aliphatic heterocycles. The third-order valence-electron chi connectivity index (χ3n) is 5.41. The second-order valence-corrected chi connectivity index (χ2v) is 9.44. The number of nitrogens with one attached hydrogen (secondary N) is 2. The van der Waals surface area contributed by atoms with Gasteiger partial charge in [-0.15, -0.1) is 10.2 Å². The van der Waals surface area contributed by atoms with Crippen molar-refractivity contribution in [3.8, 4) is 5.69 Å². The number of hydrogen-bond acceptors (Lipinski definition) is 4. The van der Waals surface area contributed by atoms with Gasteiger partial charge in [-0.05, 0) is 67.3 Å². The summed E-state index contributed by atoms with van der Waals surface area (Å²) in [6, 6.07) is 21.4. The highest BCUT2D eigenvalue weighted by Crippen LogP contribution is 2.29. The van der Waals surface area contributed by atoms with E-state index >= 15 is 0 Å². The van der Waals surface area contributed by atoms with Crippen molar-refractivity contribution in [2.75, 3.05) is 5.32 Å². The molecule has 0 radical (unpaired) electrons. The second kappa shape index (κ2) is 10.8. The van der Waals surface area contributed by atoms with Crippen LogP contribution < -0.4 is 10.6 Å². The van der Waals surface area contributed by atoms with Crippen LogP contribution in [0.2, 0.25) is 5.02 Å². The van der Waals surface area contributed by atoms with Gasteiger partial charge >= 0.3 is 6.03 Å². The number of urea groups is 1. The molecule has 0 unspecified atom stereocenters. The van der Waals surface area contributed by atoms with Crippen LogP contribution in [0.25, 0.3) is 5.69 Å². The third-order valence-corrected chi connectivity index (χ3v) is 6.63. The lowest BCUT2D eigenvalue weighted by atomic mass is 10.1. The molecule has 4 rings (SSSR count). The maximum atomic E-state index is 12.5. The fourth-order valence-electron chi connectivity index (χ4n) is 3.55. The van der Waals surface area contributed by atoms with E-state index in [1.807, 2.05) is 73.0 Å². The number of rotatable bonds is 7. The molecule has 0 fully saturated rings. The van der Waals surface area contributed by atoms with Crippen molar-refractivity contribution in [2.24, 2.45) is 0 Å². The maximum absolute atomic E-state index is 12.5. The Morgan fingerprint density at radius 3 is 2.59 bits per heavy atom. The number of benzene rings is 3. The number of amides is 2. The SMILES string of the molecule is Cc1cccc(NC(=O)NCc2nnc(SCc3ccccc3C)n2-c2cc(Cl)ccc2C)c1. The zero-order chi connectivity index (χ0) is 24.1. The molecular weight excluding hydrogens is 466 g/mol. The Balaban J connectivity index is 1.57. The van der Waals surface area contributed by atoms with Crippen LogP contribution in [0.3, 0.4) is 0 Å². The van der Waals surface area contributed by atoms with Gasteiger partial charge in [0.1, 0.15) is 0 Å². The minimum Gasteiger partial charge on any atom is -0.331 e. The summed E-state index contributed by atoms with van der Waals surface area (Å²) >= 11 is 7.92. The molecule has 1 aromatic heterocycles. The average molecular weight is 492 g/mol. The Labute approximate surface area is 208 Å². The van der Waals surface area contributed by atoms with Gasteiger partial charge in [-0.1, -0.05) is 65.8 Å². The molecule has 0 saturated heterocycles. The molecule has 8 heteroatoms. The first-order valence-electron chi connectivity index (χ1n) is 10.9. The molecular formula is C26H26ClN5OS. The van der Waals surface area contributed by atoms with Crippen molar-refractivity contribution < 1.29 is 4.79 Å². The summed E-state index contributed by atoms with van der Waals surface area (Å²) in [4.78, 5) is 12.5. The van der Waals surface area contributed by atoms with Gasteiger partial charge in [0.05, 0.1) is 12.2 Å². The predicted molar refractivity (Wildman–Crippen MR) is 139 cm³/mol. The van der Waals surface area contributed by atoms with Crippen LogP contribution in [0, 0.1) is 20.8 Å². The van der Waals surface area contributed by atoms with Crippen molar-refractivity contribution in [1.29, 1.82) is 0 Å². The number of hydrogen-bond donors (Lipinski definition) is 2. The standard InChI is InChI=1S/C26H26ClN5OS/c1-17-7-6-10-22(13-17)29-25(33)28-15-24-30-31-26(34-16-20-9-5-4-8-18(20)2)32(24)23-14-21(27)12-11-19(23)3/h4-14H,15-16H2,1-3H3,(H2,28,29,33). The van der Waals surface area contributed by atoms with Crippen LogP contribution in [-0.4, -0.2) is 20.8 Å². The van der Waals surface area contributed by atoms with Crippen LogP contribution in [0.1, 0.15) is 28.1 Å². The highest BCUT2D eigenvalue weighted by Gasteiger charge is 2.18. The van der Waals surface area contributed by atoms with Crippen molar-refractivity contribution in [3.63, 3.8) is 0 Å². The molecule has 1 heterocycles. The lowest BCUT2D eigenvalue weighted by molar-refractivity contribution is 0.251. The topological polar surface area (TPSA) is 71.8 Å². The first-order valence-corrected chi connectivity index (χ1v) is 12.3. The van der Waals surface area contributed by atoms with Crippen LogP contribution >= 0.6 is 23.4 Å². The van der Waals surface area contributed by atoms with Gasteiger partial charge in [-0.2, -0.15) is 0 Å². The first-order chi connectivity index (χ1) is 16.4. The lowest BCUT2D eigenvalue weighted by Crippen LogP contribution is -2.29. The van der Waals surface area contributed by atoms with Crippen LogP contribution in [0.15, 0.2) is 71.9 Å². The summed E-state index contributed by atoms with van der Waals surface area (Å²) in [6.07, 6.45) is 0. The van der Waals surface area contributed by atoms with Crippen molar-refractivity contribution in [2.45, 2.75) is 38.2 Å². The largest absolute Gasteiger partial charge is 0.331 e. The Bertz CT molecular complexity index is 1320. The molecule has 0 aliphatic carbocycles. The van der Waals surface area contributed by atoms with Crippen LogP contribution in [0.5, 0.6) is 0 Å². The van der Waals surface area contributed by atoms with Gasteiger partial charge in [-0.25, -0.2) is 4.79 Å². The Kier molecular flexibility index (Phi) is 7.55. The van der Waals surface area contributed by atoms with E-state index in [0.717, 1.165) is 33.4 Å². The summed E-state index contributed by atoms with van der Waals surface area (Å²) in [5.74, 6) is 1.38. The quantitative estimate of drug-likeness (QED) is 0.291. The van der Waals surface area contributed by atoms with Gasteiger partial charge in [0, 0.05) is 16.5 Å². The Morgan fingerprint density at radius 2 is 1.79 bits per heavy atom. The van der Waals surface area contributed by atoms with Gasteiger partial charge in [0.2, 0.25) is 0 Å². The van der Waals surface area contributed by atoms with Gasteiger partial charge in [0.15, 0.2) is 11.0 Å². The van der Waals surface area contributed by atoms with Crippen molar-refractivity contribution in [1.82, 2.24) is 20.1 Å². The molecule has 0 saturated carbocycles. The predicted octanol–water partition coefficient (Wildman–Crippen LogP) is 6.46. The van der Waals surface area contributed by atoms with E-state index in [4.69, 9.17) is 11.6 Å². The van der Waals surface area contributed by atoms with Crippen LogP contribution in [-0.2, 0) is 12.3 Å². The molecule has 0 bridgehead atoms. The molecule has 4 aromatic rings. The number of carbonyl (C=O) groups excluding carboxylic acids is 1. The van der Waals surface area contributed by atoms with E-state index in [9.17, 15) is 4.79 Å². The normalized spacial score (nSPS) is 10.8. The summed E-state index contributed by atoms with van der Waals surface area (Å²) in [5, 5.41) is 16.0. The maximum Gasteiger partial charge on any atom is 0.319 e. The van der Waals surface area contributed by atoms with E-state index in [2.05, 4.69) is 39.9 Å². The summed E-state index contributed by atoms with van der Waals surface area (Å²) < 4.78 is 1.97. The van der Waals surface area contributed by atoms with E-state index in [1.165, 1.54) is 11.1 Å². The fraction of sp³-hybridized carbons (Fsp3) is 0.192. The lowest BCUT2D eigenvalue weighted by Gasteiger charge is -2.14.